The summed E-state index contributed by atoms with van der Waals surface area (Å²) in [5.41, 5.74) is 0. The number of alkyl halides is 1. The van der Waals surface area contributed by atoms with Gasteiger partial charge in [-0.3, -0.25) is 0 Å². The molecule has 1 rings (SSSR count). The van der Waals surface area contributed by atoms with Gasteiger partial charge in [-0.15, -0.1) is 0 Å². The summed E-state index contributed by atoms with van der Waals surface area (Å²) < 4.78 is 14.6. The Kier molecular flexibility index (Phi) is 2.95. The van der Waals surface area contributed by atoms with Crippen LogP contribution < -0.4 is 0 Å². The number of aliphatic hydroxyl groups excluding tert-OH is 1. The lowest BCUT2D eigenvalue weighted by Crippen LogP contribution is -2.41. The monoisotopic (exact) mass is 165 g/mol. The SMILES string of the molecule is CSN1CC[C@H](O)[C@H](F)C1. The number of hydrogen-bond donors (Lipinski definition) is 1. The van der Waals surface area contributed by atoms with Gasteiger partial charge in [-0.05, 0) is 12.7 Å². The second-order valence-corrected chi connectivity index (χ2v) is 3.32. The van der Waals surface area contributed by atoms with Crippen LogP contribution >= 0.6 is 11.9 Å². The van der Waals surface area contributed by atoms with Crippen molar-refractivity contribution in [3.8, 4) is 0 Å². The fraction of sp³-hybridized carbons (Fsp3) is 1.00. The van der Waals surface area contributed by atoms with E-state index in [1.807, 2.05) is 10.6 Å². The van der Waals surface area contributed by atoms with Gasteiger partial charge in [0, 0.05) is 13.1 Å². The Bertz CT molecular complexity index is 114. The highest BCUT2D eigenvalue weighted by Crippen LogP contribution is 2.18. The Morgan fingerprint density at radius 1 is 1.70 bits per heavy atom. The van der Waals surface area contributed by atoms with E-state index >= 15 is 0 Å². The lowest BCUT2D eigenvalue weighted by molar-refractivity contribution is 0.0330. The van der Waals surface area contributed by atoms with E-state index in [1.54, 1.807) is 0 Å². The summed E-state index contributed by atoms with van der Waals surface area (Å²) in [4.78, 5) is 0. The maximum Gasteiger partial charge on any atom is 0.139 e. The predicted octanol–water partition coefficient (Wildman–Crippen LogP) is 0.669. The minimum absolute atomic E-state index is 0.363. The molecule has 10 heavy (non-hydrogen) atoms. The molecule has 0 bridgehead atoms. The van der Waals surface area contributed by atoms with Crippen molar-refractivity contribution in [1.29, 1.82) is 0 Å². The maximum absolute atomic E-state index is 12.7. The van der Waals surface area contributed by atoms with Crippen molar-refractivity contribution < 1.29 is 9.50 Å². The molecule has 2 atom stereocenters. The summed E-state index contributed by atoms with van der Waals surface area (Å²) in [5, 5.41) is 8.98. The first-order valence-corrected chi connectivity index (χ1v) is 4.53. The van der Waals surface area contributed by atoms with Gasteiger partial charge in [0.25, 0.3) is 0 Å². The van der Waals surface area contributed by atoms with Crippen molar-refractivity contribution in [1.82, 2.24) is 4.31 Å². The van der Waals surface area contributed by atoms with Gasteiger partial charge in [0.05, 0.1) is 6.10 Å². The van der Waals surface area contributed by atoms with E-state index in [-0.39, 0.29) is 0 Å². The second kappa shape index (κ2) is 3.55. The van der Waals surface area contributed by atoms with Crippen LogP contribution in [0, 0.1) is 0 Å². The van der Waals surface area contributed by atoms with Crippen molar-refractivity contribution >= 4 is 11.9 Å². The molecule has 4 heteroatoms. The average molecular weight is 165 g/mol. The first-order valence-electron chi connectivity index (χ1n) is 3.35. The van der Waals surface area contributed by atoms with E-state index in [1.165, 1.54) is 11.9 Å². The number of rotatable bonds is 1. The van der Waals surface area contributed by atoms with Crippen LogP contribution in [0.15, 0.2) is 0 Å². The molecule has 0 spiro atoms. The van der Waals surface area contributed by atoms with Gasteiger partial charge in [0.2, 0.25) is 0 Å². The summed E-state index contributed by atoms with van der Waals surface area (Å²) in [7, 11) is 0. The van der Waals surface area contributed by atoms with Crippen LogP contribution in [-0.4, -0.2) is 41.0 Å². The number of halogens is 1. The Hall–Kier alpha value is 0.200. The molecule has 0 saturated carbocycles. The van der Waals surface area contributed by atoms with Crippen molar-refractivity contribution in [2.24, 2.45) is 0 Å². The molecule has 1 heterocycles. The van der Waals surface area contributed by atoms with Crippen molar-refractivity contribution in [2.75, 3.05) is 19.3 Å². The normalized spacial score (nSPS) is 36.3. The number of aliphatic hydroxyl groups is 1. The largest absolute Gasteiger partial charge is 0.390 e. The fourth-order valence-corrected chi connectivity index (χ4v) is 1.61. The van der Waals surface area contributed by atoms with E-state index in [4.69, 9.17) is 5.11 Å². The third-order valence-electron chi connectivity index (χ3n) is 1.73. The highest BCUT2D eigenvalue weighted by Gasteiger charge is 2.26. The minimum atomic E-state index is -1.05. The molecule has 0 radical (unpaired) electrons. The van der Waals surface area contributed by atoms with Crippen LogP contribution in [0.4, 0.5) is 4.39 Å². The van der Waals surface area contributed by atoms with Crippen molar-refractivity contribution in [3.05, 3.63) is 0 Å². The Morgan fingerprint density at radius 2 is 2.40 bits per heavy atom. The van der Waals surface area contributed by atoms with Gasteiger partial charge >= 0.3 is 0 Å². The number of nitrogens with zero attached hydrogens (tertiary/aromatic N) is 1. The van der Waals surface area contributed by atoms with Crippen LogP contribution in [0.1, 0.15) is 6.42 Å². The molecule has 0 aromatic rings. The summed E-state index contributed by atoms with van der Waals surface area (Å²) in [6.45, 7) is 1.16. The van der Waals surface area contributed by atoms with E-state index in [2.05, 4.69) is 0 Å². The minimum Gasteiger partial charge on any atom is -0.390 e. The van der Waals surface area contributed by atoms with Gasteiger partial charge in [-0.2, -0.15) is 0 Å². The third-order valence-corrected chi connectivity index (χ3v) is 2.58. The first kappa shape index (κ1) is 8.30. The van der Waals surface area contributed by atoms with E-state index < -0.39 is 12.3 Å². The molecule has 0 amide bonds. The zero-order valence-electron chi connectivity index (χ0n) is 5.96. The molecule has 1 aliphatic rings. The van der Waals surface area contributed by atoms with Gasteiger partial charge in [-0.25, -0.2) is 8.70 Å². The molecule has 2 nitrogen and oxygen atoms in total. The lowest BCUT2D eigenvalue weighted by Gasteiger charge is -2.29. The van der Waals surface area contributed by atoms with Gasteiger partial charge in [0.15, 0.2) is 0 Å². The predicted molar refractivity (Wildman–Crippen MR) is 40.6 cm³/mol. The summed E-state index contributed by atoms with van der Waals surface area (Å²) >= 11 is 1.53. The van der Waals surface area contributed by atoms with Gasteiger partial charge in [-0.1, -0.05) is 11.9 Å². The second-order valence-electron chi connectivity index (χ2n) is 2.44. The Balaban J connectivity index is 2.33. The zero-order chi connectivity index (χ0) is 7.56. The highest BCUT2D eigenvalue weighted by atomic mass is 32.2. The van der Waals surface area contributed by atoms with E-state index in [0.29, 0.717) is 13.0 Å². The van der Waals surface area contributed by atoms with E-state index in [9.17, 15) is 4.39 Å². The zero-order valence-corrected chi connectivity index (χ0v) is 6.77. The quantitative estimate of drug-likeness (QED) is 0.578. The fourth-order valence-electron chi connectivity index (χ4n) is 1.03. The Labute approximate surface area is 64.5 Å². The average Bonchev–Trinajstić information content (AvgIpc) is 1.95. The third kappa shape index (κ3) is 1.84. The molecular weight excluding hydrogens is 153 g/mol. The molecule has 0 unspecified atom stereocenters. The molecule has 1 saturated heterocycles. The summed E-state index contributed by atoms with van der Waals surface area (Å²) in [6, 6.07) is 0. The first-order chi connectivity index (χ1) is 4.74. The van der Waals surface area contributed by atoms with Crippen molar-refractivity contribution in [3.63, 3.8) is 0 Å². The molecule has 0 aromatic carbocycles. The highest BCUT2D eigenvalue weighted by molar-refractivity contribution is 7.96. The van der Waals surface area contributed by atoms with Crippen molar-refractivity contribution in [2.45, 2.75) is 18.7 Å². The Morgan fingerprint density at radius 3 is 2.90 bits per heavy atom. The van der Waals surface area contributed by atoms with Crippen LogP contribution in [0.25, 0.3) is 0 Å². The molecule has 0 aliphatic carbocycles. The van der Waals surface area contributed by atoms with Crippen LogP contribution in [0.2, 0.25) is 0 Å². The topological polar surface area (TPSA) is 23.5 Å². The van der Waals surface area contributed by atoms with Crippen LogP contribution in [-0.2, 0) is 0 Å². The molecule has 60 valence electrons. The smallest absolute Gasteiger partial charge is 0.139 e. The summed E-state index contributed by atoms with van der Waals surface area (Å²) in [6.07, 6.45) is 0.691. The molecule has 1 aliphatic heterocycles. The van der Waals surface area contributed by atoms with Gasteiger partial charge < -0.3 is 5.11 Å². The molecule has 1 fully saturated rings. The summed E-state index contributed by atoms with van der Waals surface area (Å²) in [5.74, 6) is 0. The number of hydrogen-bond acceptors (Lipinski definition) is 3. The molecular formula is C6H12FNOS. The van der Waals surface area contributed by atoms with E-state index in [0.717, 1.165) is 6.54 Å². The lowest BCUT2D eigenvalue weighted by atomic mass is 10.1. The number of piperidine rings is 1. The van der Waals surface area contributed by atoms with Crippen LogP contribution in [0.3, 0.4) is 0 Å². The van der Waals surface area contributed by atoms with Gasteiger partial charge in [0.1, 0.15) is 6.17 Å². The van der Waals surface area contributed by atoms with Crippen LogP contribution in [0.5, 0.6) is 0 Å². The maximum atomic E-state index is 12.7. The molecule has 1 N–H and O–H groups in total. The standard InChI is InChI=1S/C6H12FNOS/c1-10-8-3-2-6(9)5(7)4-8/h5-6,9H,2-4H2,1H3/t5-,6+/m1/s1. The molecule has 0 aromatic heterocycles.